The van der Waals surface area contributed by atoms with Gasteiger partial charge in [0.15, 0.2) is 0 Å². The predicted octanol–water partition coefficient (Wildman–Crippen LogP) is 3.26. The van der Waals surface area contributed by atoms with Crippen molar-refractivity contribution >= 4 is 25.4 Å². The van der Waals surface area contributed by atoms with Gasteiger partial charge in [-0.1, -0.05) is 0 Å². The van der Waals surface area contributed by atoms with E-state index in [1.807, 2.05) is 54.6 Å². The molecule has 4 nitrogen and oxygen atoms in total. The standard InChI is InChI=1S/C17H15N3OSe/c1-21-15-9-7-14(8-10-15)16-12-22-17(19-16)20-18-11-13-5-3-2-4-6-13/h2-12H,1H3,(H,19,20)/b18-11-. The molecule has 3 rings (SSSR count). The number of nitrogens with one attached hydrogen (secondary N) is 1. The van der Waals surface area contributed by atoms with Gasteiger partial charge in [-0.2, -0.15) is 0 Å². The molecule has 5 heteroatoms. The Balaban J connectivity index is 1.67. The van der Waals surface area contributed by atoms with Gasteiger partial charge in [-0.15, -0.1) is 0 Å². The summed E-state index contributed by atoms with van der Waals surface area (Å²) in [5, 5.41) is 4.24. The molecular weight excluding hydrogens is 341 g/mol. The molecule has 0 aliphatic heterocycles. The van der Waals surface area contributed by atoms with Gasteiger partial charge in [-0.3, -0.25) is 0 Å². The molecule has 1 heterocycles. The zero-order valence-electron chi connectivity index (χ0n) is 12.1. The van der Waals surface area contributed by atoms with Crippen LogP contribution in [0.2, 0.25) is 0 Å². The molecule has 1 aromatic heterocycles. The van der Waals surface area contributed by atoms with Crippen LogP contribution < -0.4 is 10.2 Å². The Hall–Kier alpha value is -2.36. The van der Waals surface area contributed by atoms with E-state index in [4.69, 9.17) is 4.74 Å². The molecule has 0 aliphatic rings. The first-order valence-corrected chi connectivity index (χ1v) is 8.64. The second-order valence-corrected chi connectivity index (χ2v) is 6.35. The molecular formula is C17H15N3OSe. The topological polar surface area (TPSA) is 46.5 Å². The van der Waals surface area contributed by atoms with Crippen LogP contribution in [0.5, 0.6) is 5.75 Å². The summed E-state index contributed by atoms with van der Waals surface area (Å²) in [5.74, 6) is 0.850. The van der Waals surface area contributed by atoms with Crippen molar-refractivity contribution < 1.29 is 4.74 Å². The van der Waals surface area contributed by atoms with Crippen LogP contribution in [0.4, 0.5) is 4.69 Å². The van der Waals surface area contributed by atoms with Gasteiger partial charge in [0.1, 0.15) is 0 Å². The third kappa shape index (κ3) is 3.64. The summed E-state index contributed by atoms with van der Waals surface area (Å²) in [6, 6.07) is 17.9. The molecule has 0 saturated carbocycles. The molecule has 110 valence electrons. The third-order valence-corrected chi connectivity index (χ3v) is 4.63. The number of hydrogen-bond donors (Lipinski definition) is 1. The van der Waals surface area contributed by atoms with Gasteiger partial charge in [0, 0.05) is 0 Å². The molecule has 0 amide bonds. The van der Waals surface area contributed by atoms with Crippen LogP contribution in [-0.4, -0.2) is 32.8 Å². The van der Waals surface area contributed by atoms with Crippen LogP contribution in [-0.2, 0) is 0 Å². The molecule has 0 saturated heterocycles. The minimum atomic E-state index is 0.184. The number of hydrogen-bond acceptors (Lipinski definition) is 4. The van der Waals surface area contributed by atoms with Crippen molar-refractivity contribution in [2.24, 2.45) is 5.10 Å². The van der Waals surface area contributed by atoms with Crippen LogP contribution in [0.1, 0.15) is 5.56 Å². The van der Waals surface area contributed by atoms with E-state index in [1.165, 1.54) is 0 Å². The maximum atomic E-state index is 5.17. The van der Waals surface area contributed by atoms with Gasteiger partial charge in [0.05, 0.1) is 0 Å². The Bertz CT molecular complexity index is 751. The van der Waals surface area contributed by atoms with Crippen molar-refractivity contribution in [3.05, 3.63) is 65.1 Å². The minimum absolute atomic E-state index is 0.184. The van der Waals surface area contributed by atoms with Crippen molar-refractivity contribution in [3.8, 4) is 17.0 Å². The van der Waals surface area contributed by atoms with Gasteiger partial charge < -0.3 is 0 Å². The third-order valence-electron chi connectivity index (χ3n) is 3.06. The molecule has 0 atom stereocenters. The fraction of sp³-hybridized carbons (Fsp3) is 0.0588. The molecule has 0 aliphatic carbocycles. The maximum absolute atomic E-state index is 5.17. The number of rotatable bonds is 5. The average molecular weight is 356 g/mol. The molecule has 0 bridgehead atoms. The second-order valence-electron chi connectivity index (χ2n) is 4.55. The summed E-state index contributed by atoms with van der Waals surface area (Å²) in [6.45, 7) is 0. The van der Waals surface area contributed by atoms with Crippen molar-refractivity contribution in [1.82, 2.24) is 4.98 Å². The molecule has 3 aromatic rings. The van der Waals surface area contributed by atoms with E-state index in [2.05, 4.69) is 20.5 Å². The summed E-state index contributed by atoms with van der Waals surface area (Å²) in [6.07, 6.45) is 1.80. The van der Waals surface area contributed by atoms with E-state index < -0.39 is 0 Å². The van der Waals surface area contributed by atoms with Crippen molar-refractivity contribution in [3.63, 3.8) is 0 Å². The Morgan fingerprint density at radius 1 is 1.09 bits per heavy atom. The summed E-state index contributed by atoms with van der Waals surface area (Å²) in [5.41, 5.74) is 6.16. The zero-order valence-corrected chi connectivity index (χ0v) is 13.8. The van der Waals surface area contributed by atoms with Gasteiger partial charge in [0.2, 0.25) is 0 Å². The monoisotopic (exact) mass is 357 g/mol. The first-order chi connectivity index (χ1) is 10.8. The normalized spacial score (nSPS) is 10.8. The predicted molar refractivity (Wildman–Crippen MR) is 90.8 cm³/mol. The SMILES string of the molecule is COc1ccc(-c2c[se]c(N/N=C\c3ccccc3)n2)cc1. The van der Waals surface area contributed by atoms with E-state index >= 15 is 0 Å². The molecule has 22 heavy (non-hydrogen) atoms. The van der Waals surface area contributed by atoms with Crippen molar-refractivity contribution in [1.29, 1.82) is 0 Å². The summed E-state index contributed by atoms with van der Waals surface area (Å²) < 4.78 is 6.07. The van der Waals surface area contributed by atoms with Crippen LogP contribution in [0.15, 0.2) is 64.6 Å². The number of ether oxygens (including phenoxy) is 1. The van der Waals surface area contributed by atoms with E-state index in [0.717, 1.165) is 27.3 Å². The van der Waals surface area contributed by atoms with Gasteiger partial charge in [0.25, 0.3) is 0 Å². The van der Waals surface area contributed by atoms with Gasteiger partial charge >= 0.3 is 135 Å². The van der Waals surface area contributed by atoms with Crippen LogP contribution >= 0.6 is 0 Å². The number of anilines is 1. The number of hydrazone groups is 1. The fourth-order valence-electron chi connectivity index (χ4n) is 1.92. The number of nitrogens with zero attached hydrogens (tertiary/aromatic N) is 2. The zero-order chi connectivity index (χ0) is 15.2. The molecule has 1 N–H and O–H groups in total. The van der Waals surface area contributed by atoms with E-state index in [0.29, 0.717) is 0 Å². The van der Waals surface area contributed by atoms with Crippen molar-refractivity contribution in [2.45, 2.75) is 0 Å². The van der Waals surface area contributed by atoms with Crippen LogP contribution in [0, 0.1) is 0 Å². The van der Waals surface area contributed by atoms with Gasteiger partial charge in [-0.05, 0) is 0 Å². The Morgan fingerprint density at radius 2 is 1.86 bits per heavy atom. The molecule has 0 spiro atoms. The molecule has 2 aromatic carbocycles. The number of benzene rings is 2. The quantitative estimate of drug-likeness (QED) is 0.434. The molecule has 0 unspecified atom stereocenters. The summed E-state index contributed by atoms with van der Waals surface area (Å²) in [7, 11) is 1.66. The van der Waals surface area contributed by atoms with E-state index in [9.17, 15) is 0 Å². The number of aromatic nitrogens is 1. The van der Waals surface area contributed by atoms with Gasteiger partial charge in [-0.25, -0.2) is 0 Å². The van der Waals surface area contributed by atoms with Crippen LogP contribution in [0.25, 0.3) is 11.3 Å². The summed E-state index contributed by atoms with van der Waals surface area (Å²) in [4.78, 5) is 6.73. The molecule has 0 fully saturated rings. The summed E-state index contributed by atoms with van der Waals surface area (Å²) >= 11 is 0.184. The molecule has 0 radical (unpaired) electrons. The fourth-order valence-corrected chi connectivity index (χ4v) is 3.32. The Kier molecular flexibility index (Phi) is 4.68. The average Bonchev–Trinajstić information content (AvgIpc) is 3.05. The second kappa shape index (κ2) is 7.07. The van der Waals surface area contributed by atoms with Crippen LogP contribution in [0.3, 0.4) is 0 Å². The number of methoxy groups -OCH3 is 1. The Labute approximate surface area is 135 Å². The first kappa shape index (κ1) is 14.6. The van der Waals surface area contributed by atoms with E-state index in [-0.39, 0.29) is 14.5 Å². The first-order valence-electron chi connectivity index (χ1n) is 6.79. The Morgan fingerprint density at radius 3 is 2.59 bits per heavy atom. The van der Waals surface area contributed by atoms with Crippen molar-refractivity contribution in [2.75, 3.05) is 12.5 Å². The van der Waals surface area contributed by atoms with E-state index in [1.54, 1.807) is 13.3 Å².